The number of rotatable bonds is 7. The maximum absolute atomic E-state index is 12.6. The highest BCUT2D eigenvalue weighted by Crippen LogP contribution is 2.13. The van der Waals surface area contributed by atoms with Crippen molar-refractivity contribution in [1.82, 2.24) is 14.5 Å². The normalized spacial score (nSPS) is 10.9. The van der Waals surface area contributed by atoms with E-state index in [1.54, 1.807) is 22.7 Å². The molecule has 2 aromatic heterocycles. The van der Waals surface area contributed by atoms with Gasteiger partial charge in [-0.3, -0.25) is 4.79 Å². The van der Waals surface area contributed by atoms with Crippen LogP contribution in [0.3, 0.4) is 0 Å². The molecule has 0 radical (unpaired) electrons. The molecule has 0 aliphatic carbocycles. The molecule has 2 heterocycles. The molecular formula is C14H20N4O2. The molecule has 2 N–H and O–H groups in total. The quantitative estimate of drug-likeness (QED) is 0.811. The molecule has 0 fully saturated rings. The summed E-state index contributed by atoms with van der Waals surface area (Å²) in [5.41, 5.74) is 6.95. The first-order chi connectivity index (χ1) is 9.77. The van der Waals surface area contributed by atoms with Gasteiger partial charge in [0.1, 0.15) is 0 Å². The lowest BCUT2D eigenvalue weighted by atomic mass is 10.2. The summed E-state index contributed by atoms with van der Waals surface area (Å²) in [6.45, 7) is 2.25. The summed E-state index contributed by atoms with van der Waals surface area (Å²) in [7, 11) is 1.63. The molecule has 0 aromatic carbocycles. The Morgan fingerprint density at radius 1 is 1.45 bits per heavy atom. The van der Waals surface area contributed by atoms with E-state index in [1.807, 2.05) is 24.4 Å². The van der Waals surface area contributed by atoms with E-state index in [9.17, 15) is 4.79 Å². The fourth-order valence-corrected chi connectivity index (χ4v) is 2.07. The minimum absolute atomic E-state index is 0.0308. The number of ether oxygens (including phenoxy) is 1. The molecule has 20 heavy (non-hydrogen) atoms. The molecule has 6 nitrogen and oxygen atoms in total. The Morgan fingerprint density at radius 2 is 2.30 bits per heavy atom. The van der Waals surface area contributed by atoms with Gasteiger partial charge in [0.05, 0.1) is 23.9 Å². The van der Waals surface area contributed by atoms with Crippen LogP contribution in [0.1, 0.15) is 16.8 Å². The molecule has 0 saturated heterocycles. The molecule has 0 bridgehead atoms. The van der Waals surface area contributed by atoms with Crippen molar-refractivity contribution in [3.8, 4) is 0 Å². The monoisotopic (exact) mass is 276 g/mol. The Balaban J connectivity index is 2.21. The van der Waals surface area contributed by atoms with Gasteiger partial charge in [-0.25, -0.2) is 4.52 Å². The van der Waals surface area contributed by atoms with Gasteiger partial charge in [-0.1, -0.05) is 6.07 Å². The highest BCUT2D eigenvalue weighted by Gasteiger charge is 2.19. The zero-order chi connectivity index (χ0) is 14.4. The van der Waals surface area contributed by atoms with Crippen LogP contribution < -0.4 is 5.73 Å². The second-order valence-electron chi connectivity index (χ2n) is 4.52. The number of nitrogens with two attached hydrogens (primary N) is 1. The van der Waals surface area contributed by atoms with Gasteiger partial charge < -0.3 is 15.4 Å². The summed E-state index contributed by atoms with van der Waals surface area (Å²) < 4.78 is 6.76. The Bertz CT molecular complexity index is 559. The summed E-state index contributed by atoms with van der Waals surface area (Å²) >= 11 is 0. The van der Waals surface area contributed by atoms with Crippen molar-refractivity contribution in [1.29, 1.82) is 0 Å². The van der Waals surface area contributed by atoms with Crippen molar-refractivity contribution in [3.63, 3.8) is 0 Å². The third kappa shape index (κ3) is 3.15. The van der Waals surface area contributed by atoms with Crippen LogP contribution in [0, 0.1) is 0 Å². The summed E-state index contributed by atoms with van der Waals surface area (Å²) in [6, 6.07) is 5.66. The third-order valence-corrected chi connectivity index (χ3v) is 3.14. The lowest BCUT2D eigenvalue weighted by molar-refractivity contribution is 0.0696. The summed E-state index contributed by atoms with van der Waals surface area (Å²) in [6.07, 6.45) is 4.21. The Labute approximate surface area is 118 Å². The molecule has 0 saturated carbocycles. The fraction of sp³-hybridized carbons (Fsp3) is 0.429. The molecule has 0 aliphatic heterocycles. The second kappa shape index (κ2) is 7.02. The Kier molecular flexibility index (Phi) is 5.09. The highest BCUT2D eigenvalue weighted by molar-refractivity contribution is 6.00. The minimum atomic E-state index is -0.0308. The predicted octanol–water partition coefficient (Wildman–Crippen LogP) is 0.772. The topological polar surface area (TPSA) is 72.9 Å². The zero-order valence-corrected chi connectivity index (χ0v) is 11.7. The van der Waals surface area contributed by atoms with E-state index in [0.717, 1.165) is 11.9 Å². The van der Waals surface area contributed by atoms with Crippen molar-refractivity contribution in [2.24, 2.45) is 5.73 Å². The number of fused-ring (bicyclic) bond motifs is 1. The number of hydrogen-bond donors (Lipinski definition) is 1. The number of hydrogen-bond acceptors (Lipinski definition) is 4. The number of nitrogens with zero attached hydrogens (tertiary/aromatic N) is 3. The highest BCUT2D eigenvalue weighted by atomic mass is 16.5. The van der Waals surface area contributed by atoms with Crippen molar-refractivity contribution < 1.29 is 9.53 Å². The van der Waals surface area contributed by atoms with Crippen molar-refractivity contribution >= 4 is 11.4 Å². The number of carbonyl (C=O) groups is 1. The standard InChI is InChI=1S/C14H20N4O2/c1-20-10-9-17(7-4-6-15)14(19)12-11-16-18-8-3-2-5-13(12)18/h2-3,5,8,11H,4,6-7,9-10,15H2,1H3. The van der Waals surface area contributed by atoms with Crippen molar-refractivity contribution in [2.45, 2.75) is 6.42 Å². The van der Waals surface area contributed by atoms with Gasteiger partial charge in [0.2, 0.25) is 0 Å². The molecule has 0 unspecified atom stereocenters. The largest absolute Gasteiger partial charge is 0.383 e. The minimum Gasteiger partial charge on any atom is -0.383 e. The lowest BCUT2D eigenvalue weighted by Gasteiger charge is -2.21. The summed E-state index contributed by atoms with van der Waals surface area (Å²) in [5.74, 6) is -0.0308. The summed E-state index contributed by atoms with van der Waals surface area (Å²) in [4.78, 5) is 14.4. The van der Waals surface area contributed by atoms with Gasteiger partial charge in [0.15, 0.2) is 0 Å². The average molecular weight is 276 g/mol. The Hall–Kier alpha value is -1.92. The van der Waals surface area contributed by atoms with Gasteiger partial charge in [0.25, 0.3) is 5.91 Å². The van der Waals surface area contributed by atoms with E-state index in [-0.39, 0.29) is 5.91 Å². The van der Waals surface area contributed by atoms with E-state index < -0.39 is 0 Å². The smallest absolute Gasteiger partial charge is 0.257 e. The molecule has 1 amide bonds. The van der Waals surface area contributed by atoms with E-state index in [0.29, 0.717) is 31.8 Å². The molecule has 0 aliphatic rings. The number of methoxy groups -OCH3 is 1. The first-order valence-corrected chi connectivity index (χ1v) is 6.68. The van der Waals surface area contributed by atoms with Crippen LogP contribution in [0.4, 0.5) is 0 Å². The van der Waals surface area contributed by atoms with E-state index >= 15 is 0 Å². The molecule has 2 aromatic rings. The molecule has 6 heteroatoms. The fourth-order valence-electron chi connectivity index (χ4n) is 2.07. The van der Waals surface area contributed by atoms with E-state index in [1.165, 1.54) is 0 Å². The SMILES string of the molecule is COCCN(CCCN)C(=O)c1cnn2ccccc12. The maximum atomic E-state index is 12.6. The van der Waals surface area contributed by atoms with E-state index in [4.69, 9.17) is 10.5 Å². The average Bonchev–Trinajstić information content (AvgIpc) is 2.91. The zero-order valence-electron chi connectivity index (χ0n) is 11.7. The summed E-state index contributed by atoms with van der Waals surface area (Å²) in [5, 5.41) is 4.20. The second-order valence-corrected chi connectivity index (χ2v) is 4.52. The van der Waals surface area contributed by atoms with Crippen LogP contribution in [0.15, 0.2) is 30.6 Å². The van der Waals surface area contributed by atoms with Gasteiger partial charge in [-0.05, 0) is 25.1 Å². The van der Waals surface area contributed by atoms with Crippen LogP contribution >= 0.6 is 0 Å². The maximum Gasteiger partial charge on any atom is 0.257 e. The van der Waals surface area contributed by atoms with Gasteiger partial charge in [-0.15, -0.1) is 0 Å². The number of carbonyl (C=O) groups excluding carboxylic acids is 1. The predicted molar refractivity (Wildman–Crippen MR) is 76.6 cm³/mol. The van der Waals surface area contributed by atoms with Crippen LogP contribution in [-0.4, -0.2) is 53.8 Å². The van der Waals surface area contributed by atoms with Crippen LogP contribution in [-0.2, 0) is 4.74 Å². The van der Waals surface area contributed by atoms with Gasteiger partial charge >= 0.3 is 0 Å². The van der Waals surface area contributed by atoms with Crippen molar-refractivity contribution in [3.05, 3.63) is 36.2 Å². The van der Waals surface area contributed by atoms with Crippen LogP contribution in [0.2, 0.25) is 0 Å². The molecule has 2 rings (SSSR count). The van der Waals surface area contributed by atoms with Gasteiger partial charge in [-0.2, -0.15) is 5.10 Å². The van der Waals surface area contributed by atoms with Crippen molar-refractivity contribution in [2.75, 3.05) is 33.4 Å². The van der Waals surface area contributed by atoms with Crippen LogP contribution in [0.5, 0.6) is 0 Å². The number of amides is 1. The molecule has 108 valence electrons. The molecule has 0 spiro atoms. The number of aromatic nitrogens is 2. The van der Waals surface area contributed by atoms with E-state index in [2.05, 4.69) is 5.10 Å². The first kappa shape index (κ1) is 14.5. The Morgan fingerprint density at radius 3 is 3.05 bits per heavy atom. The number of pyridine rings is 1. The molecule has 0 atom stereocenters. The van der Waals surface area contributed by atoms with Gasteiger partial charge in [0, 0.05) is 26.4 Å². The lowest BCUT2D eigenvalue weighted by Crippen LogP contribution is -2.35. The molecular weight excluding hydrogens is 256 g/mol. The first-order valence-electron chi connectivity index (χ1n) is 6.68. The van der Waals surface area contributed by atoms with Crippen LogP contribution in [0.25, 0.3) is 5.52 Å². The third-order valence-electron chi connectivity index (χ3n) is 3.14.